The Morgan fingerprint density at radius 1 is 1.03 bits per heavy atom. The predicted molar refractivity (Wildman–Crippen MR) is 130 cm³/mol. The summed E-state index contributed by atoms with van der Waals surface area (Å²) in [5.41, 5.74) is 0.308. The van der Waals surface area contributed by atoms with Gasteiger partial charge in [0.25, 0.3) is 0 Å². The summed E-state index contributed by atoms with van der Waals surface area (Å²) in [6, 6.07) is 13.3. The number of carbonyl (C=O) groups is 2. The van der Waals surface area contributed by atoms with Gasteiger partial charge in [0.2, 0.25) is 21.8 Å². The molecule has 0 aliphatic heterocycles. The Hall–Kier alpha value is -2.78. The molecule has 0 aromatic heterocycles. The fourth-order valence-corrected chi connectivity index (χ4v) is 4.58. The Balaban J connectivity index is 2.10. The number of hydrogen-bond acceptors (Lipinski definition) is 4. The topological polar surface area (TPSA) is 86.8 Å². The molecule has 0 aliphatic rings. The second-order valence-electron chi connectivity index (χ2n) is 8.35. The van der Waals surface area contributed by atoms with Crippen molar-refractivity contribution < 1.29 is 22.4 Å². The van der Waals surface area contributed by atoms with Crippen molar-refractivity contribution in [3.8, 4) is 0 Å². The molecule has 2 amide bonds. The third kappa shape index (κ3) is 7.36. The molecule has 0 fully saturated rings. The van der Waals surface area contributed by atoms with E-state index in [1.54, 1.807) is 43.3 Å². The Morgan fingerprint density at radius 3 is 2.26 bits per heavy atom. The van der Waals surface area contributed by atoms with E-state index < -0.39 is 21.9 Å². The maximum atomic E-state index is 14.3. The maximum absolute atomic E-state index is 14.3. The number of rotatable bonds is 12. The average Bonchev–Trinajstić information content (AvgIpc) is 2.83. The van der Waals surface area contributed by atoms with Gasteiger partial charge in [-0.05, 0) is 44.9 Å². The molecule has 1 N–H and O–H groups in total. The van der Waals surface area contributed by atoms with E-state index in [9.17, 15) is 22.4 Å². The highest BCUT2D eigenvalue weighted by molar-refractivity contribution is 7.89. The molecule has 0 bridgehead atoms. The van der Waals surface area contributed by atoms with Crippen LogP contribution in [0.2, 0.25) is 0 Å². The number of halogens is 1. The first-order chi connectivity index (χ1) is 16.1. The van der Waals surface area contributed by atoms with Crippen molar-refractivity contribution in [2.75, 3.05) is 13.6 Å². The number of hydrogen-bond donors (Lipinski definition) is 1. The van der Waals surface area contributed by atoms with Gasteiger partial charge in [-0.15, -0.1) is 0 Å². The average molecular weight is 492 g/mol. The molecule has 0 heterocycles. The first kappa shape index (κ1) is 27.5. The fourth-order valence-electron chi connectivity index (χ4n) is 3.35. The first-order valence-electron chi connectivity index (χ1n) is 11.4. The van der Waals surface area contributed by atoms with Gasteiger partial charge in [0.05, 0.1) is 4.90 Å². The second-order valence-corrected chi connectivity index (χ2v) is 10.4. The zero-order chi connectivity index (χ0) is 25.3. The summed E-state index contributed by atoms with van der Waals surface area (Å²) in [5, 5.41) is 2.86. The highest BCUT2D eigenvalue weighted by Gasteiger charge is 2.28. The van der Waals surface area contributed by atoms with Crippen molar-refractivity contribution >= 4 is 21.8 Å². The molecule has 0 spiro atoms. The van der Waals surface area contributed by atoms with Gasteiger partial charge in [0.1, 0.15) is 11.9 Å². The quantitative estimate of drug-likeness (QED) is 0.492. The summed E-state index contributed by atoms with van der Waals surface area (Å²) in [5.74, 6) is -1.12. The van der Waals surface area contributed by atoms with E-state index in [0.717, 1.165) is 6.42 Å². The number of sulfonamides is 1. The zero-order valence-electron chi connectivity index (χ0n) is 20.2. The molecule has 0 saturated carbocycles. The summed E-state index contributed by atoms with van der Waals surface area (Å²) in [6.45, 7) is 5.50. The number of nitrogens with one attached hydrogen (secondary N) is 1. The first-order valence-corrected chi connectivity index (χ1v) is 12.9. The van der Waals surface area contributed by atoms with E-state index in [4.69, 9.17) is 0 Å². The normalized spacial score (nSPS) is 13.4. The maximum Gasteiger partial charge on any atom is 0.242 e. The molecule has 2 unspecified atom stereocenters. The second kappa shape index (κ2) is 12.6. The van der Waals surface area contributed by atoms with Gasteiger partial charge < -0.3 is 10.2 Å². The van der Waals surface area contributed by atoms with E-state index in [1.165, 1.54) is 34.5 Å². The lowest BCUT2D eigenvalue weighted by Gasteiger charge is -2.30. The molecule has 186 valence electrons. The van der Waals surface area contributed by atoms with Gasteiger partial charge in [-0.1, -0.05) is 43.3 Å². The highest BCUT2D eigenvalue weighted by atomic mass is 32.2. The predicted octanol–water partition coefficient (Wildman–Crippen LogP) is 3.56. The van der Waals surface area contributed by atoms with Gasteiger partial charge >= 0.3 is 0 Å². The molecule has 0 saturated heterocycles. The van der Waals surface area contributed by atoms with Crippen molar-refractivity contribution in [2.45, 2.75) is 63.6 Å². The van der Waals surface area contributed by atoms with Crippen LogP contribution in [0.4, 0.5) is 4.39 Å². The molecule has 7 nitrogen and oxygen atoms in total. The molecule has 2 aromatic rings. The van der Waals surface area contributed by atoms with Crippen LogP contribution >= 0.6 is 0 Å². The standard InChI is InChI=1S/C25H34FN3O4S/c1-5-19(2)27-25(31)20(3)29(18-21-12-9-10-15-23(21)26)24(30)16-11-17-28(4)34(32,33)22-13-7-6-8-14-22/h6-10,12-15,19-20H,5,11,16-18H2,1-4H3,(H,27,31). The van der Waals surface area contributed by atoms with Crippen LogP contribution in [0.5, 0.6) is 0 Å². The third-order valence-corrected chi connectivity index (χ3v) is 7.65. The number of benzene rings is 2. The van der Waals surface area contributed by atoms with E-state index in [1.807, 2.05) is 13.8 Å². The number of nitrogens with zero attached hydrogens (tertiary/aromatic N) is 2. The summed E-state index contributed by atoms with van der Waals surface area (Å²) in [6.07, 6.45) is 1.01. The SMILES string of the molecule is CCC(C)NC(=O)C(C)N(Cc1ccccc1F)C(=O)CCCN(C)S(=O)(=O)c1ccccc1. The van der Waals surface area contributed by atoms with Crippen molar-refractivity contribution in [1.29, 1.82) is 0 Å². The minimum absolute atomic E-state index is 0.0179. The monoisotopic (exact) mass is 491 g/mol. The lowest BCUT2D eigenvalue weighted by molar-refractivity contribution is -0.141. The van der Waals surface area contributed by atoms with Crippen molar-refractivity contribution in [3.63, 3.8) is 0 Å². The van der Waals surface area contributed by atoms with Crippen LogP contribution in [0.15, 0.2) is 59.5 Å². The molecule has 2 aromatic carbocycles. The lowest BCUT2D eigenvalue weighted by Crippen LogP contribution is -2.49. The summed E-state index contributed by atoms with van der Waals surface area (Å²) in [7, 11) is -2.20. The number of carbonyl (C=O) groups excluding carboxylic acids is 2. The molecular formula is C25H34FN3O4S. The van der Waals surface area contributed by atoms with Crippen LogP contribution < -0.4 is 5.32 Å². The van der Waals surface area contributed by atoms with E-state index in [0.29, 0.717) is 5.56 Å². The molecule has 34 heavy (non-hydrogen) atoms. The third-order valence-electron chi connectivity index (χ3n) is 5.78. The smallest absolute Gasteiger partial charge is 0.242 e. The largest absolute Gasteiger partial charge is 0.352 e. The minimum atomic E-state index is -3.66. The van der Waals surface area contributed by atoms with E-state index in [2.05, 4.69) is 5.32 Å². The van der Waals surface area contributed by atoms with Crippen LogP contribution in [0.25, 0.3) is 0 Å². The summed E-state index contributed by atoms with van der Waals surface area (Å²) in [4.78, 5) is 27.4. The summed E-state index contributed by atoms with van der Waals surface area (Å²) >= 11 is 0. The molecule has 0 radical (unpaired) electrons. The van der Waals surface area contributed by atoms with Crippen molar-refractivity contribution in [1.82, 2.24) is 14.5 Å². The minimum Gasteiger partial charge on any atom is -0.352 e. The Morgan fingerprint density at radius 2 is 1.65 bits per heavy atom. The lowest BCUT2D eigenvalue weighted by atomic mass is 10.1. The van der Waals surface area contributed by atoms with Crippen LogP contribution in [0.3, 0.4) is 0 Å². The highest BCUT2D eigenvalue weighted by Crippen LogP contribution is 2.17. The van der Waals surface area contributed by atoms with Crippen molar-refractivity contribution in [3.05, 3.63) is 66.0 Å². The van der Waals surface area contributed by atoms with Gasteiger partial charge in [0.15, 0.2) is 0 Å². The Kier molecular flexibility index (Phi) is 10.2. The molecule has 0 aliphatic carbocycles. The van der Waals surface area contributed by atoms with Gasteiger partial charge in [0, 0.05) is 38.2 Å². The van der Waals surface area contributed by atoms with Crippen LogP contribution in [0, 0.1) is 5.82 Å². The van der Waals surface area contributed by atoms with Crippen LogP contribution in [0.1, 0.15) is 45.6 Å². The summed E-state index contributed by atoms with van der Waals surface area (Å²) < 4.78 is 40.9. The van der Waals surface area contributed by atoms with Crippen LogP contribution in [-0.4, -0.2) is 55.1 Å². The van der Waals surface area contributed by atoms with E-state index >= 15 is 0 Å². The number of amides is 2. The Labute approximate surface area is 202 Å². The molecule has 2 rings (SSSR count). The molecule has 9 heteroatoms. The van der Waals surface area contributed by atoms with Crippen molar-refractivity contribution in [2.24, 2.45) is 0 Å². The van der Waals surface area contributed by atoms with Crippen LogP contribution in [-0.2, 0) is 26.2 Å². The molecular weight excluding hydrogens is 457 g/mol. The van der Waals surface area contributed by atoms with Gasteiger partial charge in [-0.3, -0.25) is 9.59 Å². The fraction of sp³-hybridized carbons (Fsp3) is 0.440. The Bertz CT molecular complexity index is 1060. The molecule has 2 atom stereocenters. The zero-order valence-corrected chi connectivity index (χ0v) is 21.0. The van der Waals surface area contributed by atoms with E-state index in [-0.39, 0.29) is 48.7 Å². The van der Waals surface area contributed by atoms with Gasteiger partial charge in [-0.25, -0.2) is 17.1 Å². The van der Waals surface area contributed by atoms with Gasteiger partial charge in [-0.2, -0.15) is 0 Å².